The summed E-state index contributed by atoms with van der Waals surface area (Å²) in [6.07, 6.45) is 3.56. The Balaban J connectivity index is 1.73. The van der Waals surface area contributed by atoms with Gasteiger partial charge in [0.2, 0.25) is 5.88 Å². The highest BCUT2D eigenvalue weighted by Crippen LogP contribution is 2.24. The van der Waals surface area contributed by atoms with Crippen LogP contribution in [-0.2, 0) is 4.74 Å². The van der Waals surface area contributed by atoms with E-state index < -0.39 is 17.6 Å². The van der Waals surface area contributed by atoms with Gasteiger partial charge < -0.3 is 19.5 Å². The average Bonchev–Trinajstić information content (AvgIpc) is 2.74. The Kier molecular flexibility index (Phi) is 9.27. The van der Waals surface area contributed by atoms with E-state index in [4.69, 9.17) is 14.6 Å². The second kappa shape index (κ2) is 11.5. The van der Waals surface area contributed by atoms with Crippen LogP contribution in [0, 0.1) is 12.8 Å². The minimum absolute atomic E-state index is 0.238. The van der Waals surface area contributed by atoms with Crippen LogP contribution in [0.4, 0.5) is 4.79 Å². The highest BCUT2D eigenvalue weighted by molar-refractivity contribution is 5.94. The lowest BCUT2D eigenvalue weighted by Crippen LogP contribution is -2.41. The molecule has 1 aliphatic rings. The number of aromatic nitrogens is 1. The molecule has 0 aliphatic carbocycles. The Morgan fingerprint density at radius 3 is 2.50 bits per heavy atom. The summed E-state index contributed by atoms with van der Waals surface area (Å²) in [6.45, 7) is 10.4. The first kappa shape index (κ1) is 25.9. The van der Waals surface area contributed by atoms with Gasteiger partial charge in [-0.05, 0) is 72.3 Å². The molecule has 1 atom stereocenters. The molecular formula is C23H37N3O6. The Morgan fingerprint density at radius 1 is 1.28 bits per heavy atom. The molecule has 0 saturated carbocycles. The summed E-state index contributed by atoms with van der Waals surface area (Å²) >= 11 is 0. The van der Waals surface area contributed by atoms with Gasteiger partial charge in [-0.3, -0.25) is 10.0 Å². The smallest absolute Gasteiger partial charge is 0.410 e. The van der Waals surface area contributed by atoms with E-state index in [1.807, 2.05) is 20.8 Å². The first-order valence-electron chi connectivity index (χ1n) is 11.2. The molecule has 1 fully saturated rings. The van der Waals surface area contributed by atoms with Gasteiger partial charge >= 0.3 is 6.09 Å². The maximum absolute atomic E-state index is 12.3. The first-order valence-corrected chi connectivity index (χ1v) is 11.2. The van der Waals surface area contributed by atoms with Crippen LogP contribution >= 0.6 is 0 Å². The van der Waals surface area contributed by atoms with Gasteiger partial charge in [-0.2, -0.15) is 0 Å². The van der Waals surface area contributed by atoms with Crippen LogP contribution in [0.25, 0.3) is 0 Å². The number of pyridine rings is 1. The molecule has 1 saturated heterocycles. The van der Waals surface area contributed by atoms with E-state index in [9.17, 15) is 14.8 Å². The number of ether oxygens (including phenoxy) is 2. The topological polar surface area (TPSA) is 112 Å². The van der Waals surface area contributed by atoms with Crippen molar-refractivity contribution < 1.29 is 29.4 Å². The molecule has 0 aromatic carbocycles. The monoisotopic (exact) mass is 451 g/mol. The van der Waals surface area contributed by atoms with Crippen molar-refractivity contribution in [3.8, 4) is 5.88 Å². The Morgan fingerprint density at radius 2 is 1.94 bits per heavy atom. The van der Waals surface area contributed by atoms with E-state index >= 15 is 0 Å². The van der Waals surface area contributed by atoms with E-state index in [1.54, 1.807) is 30.9 Å². The number of hydrogen-bond acceptors (Lipinski definition) is 7. The van der Waals surface area contributed by atoms with Crippen molar-refractivity contribution in [2.24, 2.45) is 5.92 Å². The fourth-order valence-electron chi connectivity index (χ4n) is 3.52. The molecular weight excluding hydrogens is 414 g/mol. The summed E-state index contributed by atoms with van der Waals surface area (Å²) in [6, 6.07) is 2.48. The average molecular weight is 452 g/mol. The molecule has 0 radical (unpaired) electrons. The quantitative estimate of drug-likeness (QED) is 0.354. The number of carbonyl (C=O) groups is 2. The summed E-state index contributed by atoms with van der Waals surface area (Å²) in [5, 5.41) is 19.5. The molecule has 9 heteroatoms. The van der Waals surface area contributed by atoms with Gasteiger partial charge in [0.1, 0.15) is 5.60 Å². The third kappa shape index (κ3) is 7.63. The molecule has 2 N–H and O–H groups in total. The summed E-state index contributed by atoms with van der Waals surface area (Å²) < 4.78 is 11.2. The minimum atomic E-state index is -0.700. The van der Waals surface area contributed by atoms with Gasteiger partial charge in [0.15, 0.2) is 0 Å². The molecule has 180 valence electrons. The lowest BCUT2D eigenvalue weighted by Gasteiger charge is -2.33. The highest BCUT2D eigenvalue weighted by Gasteiger charge is 2.26. The summed E-state index contributed by atoms with van der Waals surface area (Å²) in [5.41, 5.74) is 0.237. The number of carbonyl (C=O) groups excluding carboxylic acids is 2. The van der Waals surface area contributed by atoms with Crippen LogP contribution in [0.5, 0.6) is 5.88 Å². The van der Waals surface area contributed by atoms with E-state index in [-0.39, 0.29) is 18.3 Å². The van der Waals surface area contributed by atoms with Crippen molar-refractivity contribution >= 4 is 12.0 Å². The van der Waals surface area contributed by atoms with Crippen LogP contribution in [0.2, 0.25) is 0 Å². The van der Waals surface area contributed by atoms with Crippen molar-refractivity contribution in [3.63, 3.8) is 0 Å². The first-order chi connectivity index (χ1) is 15.0. The van der Waals surface area contributed by atoms with Crippen LogP contribution in [0.1, 0.15) is 69.4 Å². The van der Waals surface area contributed by atoms with Crippen LogP contribution in [0.15, 0.2) is 12.1 Å². The number of piperidine rings is 1. The Bertz CT molecular complexity index is 771. The predicted molar refractivity (Wildman–Crippen MR) is 119 cm³/mol. The summed E-state index contributed by atoms with van der Waals surface area (Å²) in [4.78, 5) is 30.5. The van der Waals surface area contributed by atoms with Crippen LogP contribution in [0.3, 0.4) is 0 Å². The molecule has 2 amide bonds. The molecule has 1 aliphatic heterocycles. The lowest BCUT2D eigenvalue weighted by atomic mass is 9.92. The van der Waals surface area contributed by atoms with Gasteiger partial charge in [-0.1, -0.05) is 0 Å². The van der Waals surface area contributed by atoms with Gasteiger partial charge in [-0.15, -0.1) is 0 Å². The third-order valence-electron chi connectivity index (χ3n) is 5.45. The number of amides is 2. The second-order valence-electron chi connectivity index (χ2n) is 9.37. The Hall–Kier alpha value is -2.39. The van der Waals surface area contributed by atoms with Crippen molar-refractivity contribution in [2.45, 2.75) is 71.9 Å². The largest absolute Gasteiger partial charge is 0.478 e. The predicted octanol–water partition coefficient (Wildman–Crippen LogP) is 3.41. The van der Waals surface area contributed by atoms with E-state index in [1.165, 1.54) is 0 Å². The highest BCUT2D eigenvalue weighted by atomic mass is 16.6. The fraction of sp³-hybridized carbons (Fsp3) is 0.696. The van der Waals surface area contributed by atoms with Crippen LogP contribution < -0.4 is 4.74 Å². The van der Waals surface area contributed by atoms with Gasteiger partial charge in [-0.25, -0.2) is 14.8 Å². The second-order valence-corrected chi connectivity index (χ2v) is 9.37. The van der Waals surface area contributed by atoms with Crippen LogP contribution in [-0.4, -0.2) is 75.2 Å². The summed E-state index contributed by atoms with van der Waals surface area (Å²) in [7, 11) is 0. The van der Waals surface area contributed by atoms with E-state index in [0.717, 1.165) is 25.7 Å². The molecule has 9 nitrogen and oxygen atoms in total. The number of aliphatic hydroxyl groups excluding tert-OH is 1. The van der Waals surface area contributed by atoms with E-state index in [2.05, 4.69) is 4.98 Å². The normalized spacial score (nSPS) is 15.9. The molecule has 1 aromatic rings. The zero-order valence-corrected chi connectivity index (χ0v) is 19.8. The molecule has 0 bridgehead atoms. The molecule has 2 rings (SSSR count). The number of hydroxylamine groups is 2. The van der Waals surface area contributed by atoms with Crippen molar-refractivity contribution in [2.75, 3.05) is 26.3 Å². The maximum atomic E-state index is 12.3. The number of aliphatic hydroxyl groups is 1. The molecule has 32 heavy (non-hydrogen) atoms. The Labute approximate surface area is 190 Å². The molecule has 2 heterocycles. The van der Waals surface area contributed by atoms with E-state index in [0.29, 0.717) is 42.3 Å². The van der Waals surface area contributed by atoms with Gasteiger partial charge in [0.05, 0.1) is 30.5 Å². The SMILES string of the molecule is Cc1nc(OCCCC2CCN(C(=O)OC(C)(C)C)CC2)ccc1C(=O)N(O)C(C)CO. The fourth-order valence-corrected chi connectivity index (χ4v) is 3.52. The molecule has 1 aromatic heterocycles. The zero-order valence-electron chi connectivity index (χ0n) is 19.8. The van der Waals surface area contributed by atoms with Crippen molar-refractivity contribution in [1.29, 1.82) is 0 Å². The van der Waals surface area contributed by atoms with Gasteiger partial charge in [0.25, 0.3) is 5.91 Å². The minimum Gasteiger partial charge on any atom is -0.478 e. The number of hydrogen-bond donors (Lipinski definition) is 2. The van der Waals surface area contributed by atoms with Gasteiger partial charge in [0, 0.05) is 19.2 Å². The van der Waals surface area contributed by atoms with Crippen molar-refractivity contribution in [3.05, 3.63) is 23.4 Å². The molecule has 1 unspecified atom stereocenters. The number of nitrogens with zero attached hydrogens (tertiary/aromatic N) is 3. The number of likely N-dealkylation sites (tertiary alicyclic amines) is 1. The summed E-state index contributed by atoms with van der Waals surface area (Å²) in [5.74, 6) is 0.371. The number of rotatable bonds is 8. The lowest BCUT2D eigenvalue weighted by molar-refractivity contribution is -0.0945. The molecule has 0 spiro atoms. The zero-order chi connectivity index (χ0) is 23.9. The maximum Gasteiger partial charge on any atom is 0.410 e. The number of aryl methyl sites for hydroxylation is 1. The standard InChI is InChI=1S/C23H37N3O6/c1-16(15-27)26(30)21(28)19-8-9-20(24-17(19)2)31-14-6-7-18-10-12-25(13-11-18)22(29)32-23(3,4)5/h8-9,16,18,27,30H,6-7,10-15H2,1-5H3. The van der Waals surface area contributed by atoms with Crippen molar-refractivity contribution in [1.82, 2.24) is 14.9 Å². The third-order valence-corrected chi connectivity index (χ3v) is 5.45.